The van der Waals surface area contributed by atoms with E-state index in [4.69, 9.17) is 9.84 Å². The number of Topliss-reactive ketones (excluding diaryl/α,β-unsaturated/α-hetero) is 1. The van der Waals surface area contributed by atoms with Crippen molar-refractivity contribution in [3.05, 3.63) is 23.8 Å². The Hall–Kier alpha value is -2.37. The fourth-order valence-corrected chi connectivity index (χ4v) is 2.12. The quantitative estimate of drug-likeness (QED) is 0.873. The number of carbonyl (C=O) groups excluding carboxylic acids is 2. The lowest BCUT2D eigenvalue weighted by atomic mass is 9.91. The molecule has 1 aliphatic rings. The zero-order chi connectivity index (χ0) is 14.7. The second-order valence-electron chi connectivity index (χ2n) is 4.70. The summed E-state index contributed by atoms with van der Waals surface area (Å²) >= 11 is 0. The van der Waals surface area contributed by atoms with E-state index in [1.54, 1.807) is 18.2 Å². The van der Waals surface area contributed by atoms with Gasteiger partial charge in [-0.05, 0) is 18.6 Å². The zero-order valence-corrected chi connectivity index (χ0v) is 11.0. The summed E-state index contributed by atoms with van der Waals surface area (Å²) in [6.45, 7) is 1.57. The largest absolute Gasteiger partial charge is 0.492 e. The summed E-state index contributed by atoms with van der Waals surface area (Å²) in [5.41, 5.74) is 0.994. The van der Waals surface area contributed by atoms with E-state index in [1.165, 1.54) is 6.92 Å². The minimum atomic E-state index is -0.926. The maximum Gasteiger partial charge on any atom is 0.303 e. The van der Waals surface area contributed by atoms with Crippen LogP contribution in [0.15, 0.2) is 18.2 Å². The van der Waals surface area contributed by atoms with E-state index in [1.807, 2.05) is 0 Å². The van der Waals surface area contributed by atoms with Crippen molar-refractivity contribution < 1.29 is 24.2 Å². The van der Waals surface area contributed by atoms with Crippen LogP contribution in [0.4, 0.5) is 5.69 Å². The van der Waals surface area contributed by atoms with Crippen molar-refractivity contribution >= 4 is 23.3 Å². The summed E-state index contributed by atoms with van der Waals surface area (Å²) < 4.78 is 5.50. The van der Waals surface area contributed by atoms with Gasteiger partial charge in [-0.2, -0.15) is 0 Å². The lowest BCUT2D eigenvalue weighted by Crippen LogP contribution is -2.28. The summed E-state index contributed by atoms with van der Waals surface area (Å²) in [5.74, 6) is -1.24. The van der Waals surface area contributed by atoms with Crippen LogP contribution in [0.2, 0.25) is 0 Å². The number of fused-ring (bicyclic) bond motifs is 1. The number of aliphatic carboxylic acids is 1. The number of rotatable bonds is 4. The highest BCUT2D eigenvalue weighted by atomic mass is 16.5. The van der Waals surface area contributed by atoms with Crippen LogP contribution < -0.4 is 10.1 Å². The molecule has 1 amide bonds. The molecular formula is C14H15NO5. The standard InChI is InChI=1S/C14H15NO5/c1-8(16)15-10-3-4-11-12(6-10)20-7-9(14(11)19)2-5-13(17)18/h3-4,6,9H,2,5,7H2,1H3,(H,15,16)(H,17,18). The molecule has 0 radical (unpaired) electrons. The molecule has 2 rings (SSSR count). The number of hydrogen-bond donors (Lipinski definition) is 2. The maximum absolute atomic E-state index is 12.2. The van der Waals surface area contributed by atoms with Gasteiger partial charge in [0.15, 0.2) is 5.78 Å². The van der Waals surface area contributed by atoms with Crippen molar-refractivity contribution in [1.29, 1.82) is 0 Å². The molecule has 0 fully saturated rings. The van der Waals surface area contributed by atoms with Gasteiger partial charge in [-0.15, -0.1) is 0 Å². The number of benzene rings is 1. The van der Waals surface area contributed by atoms with Gasteiger partial charge in [-0.1, -0.05) is 0 Å². The van der Waals surface area contributed by atoms with Crippen molar-refractivity contribution in [2.24, 2.45) is 5.92 Å². The summed E-state index contributed by atoms with van der Waals surface area (Å²) in [7, 11) is 0. The third-order valence-corrected chi connectivity index (χ3v) is 3.08. The number of carboxylic acid groups (broad SMARTS) is 1. The maximum atomic E-state index is 12.2. The molecule has 6 heteroatoms. The Bertz CT molecular complexity index is 567. The molecule has 0 saturated carbocycles. The highest BCUT2D eigenvalue weighted by Crippen LogP contribution is 2.31. The molecule has 2 N–H and O–H groups in total. The van der Waals surface area contributed by atoms with Crippen molar-refractivity contribution in [2.45, 2.75) is 19.8 Å². The van der Waals surface area contributed by atoms with Crippen LogP contribution in [0.1, 0.15) is 30.1 Å². The van der Waals surface area contributed by atoms with Gasteiger partial charge in [0.1, 0.15) is 5.75 Å². The molecule has 0 aliphatic carbocycles. The van der Waals surface area contributed by atoms with Crippen molar-refractivity contribution in [1.82, 2.24) is 0 Å². The van der Waals surface area contributed by atoms with Gasteiger partial charge >= 0.3 is 5.97 Å². The van der Waals surface area contributed by atoms with Gasteiger partial charge in [0, 0.05) is 25.1 Å². The van der Waals surface area contributed by atoms with Crippen LogP contribution in [0, 0.1) is 5.92 Å². The van der Waals surface area contributed by atoms with Gasteiger partial charge < -0.3 is 15.2 Å². The third-order valence-electron chi connectivity index (χ3n) is 3.08. The highest BCUT2D eigenvalue weighted by molar-refractivity contribution is 6.02. The number of hydrogen-bond acceptors (Lipinski definition) is 4. The molecule has 0 aromatic heterocycles. The minimum absolute atomic E-state index is 0.0565. The van der Waals surface area contributed by atoms with E-state index in [0.717, 1.165) is 0 Å². The molecular weight excluding hydrogens is 262 g/mol. The van der Waals surface area contributed by atoms with Crippen molar-refractivity contribution in [3.8, 4) is 5.75 Å². The predicted molar refractivity (Wildman–Crippen MR) is 70.9 cm³/mol. The first-order chi connectivity index (χ1) is 9.47. The van der Waals surface area contributed by atoms with Crippen molar-refractivity contribution in [3.63, 3.8) is 0 Å². The zero-order valence-electron chi connectivity index (χ0n) is 11.0. The van der Waals surface area contributed by atoms with Gasteiger partial charge in [0.25, 0.3) is 0 Å². The molecule has 20 heavy (non-hydrogen) atoms. The van der Waals surface area contributed by atoms with Gasteiger partial charge in [-0.25, -0.2) is 0 Å². The van der Waals surface area contributed by atoms with Crippen LogP contribution in [-0.4, -0.2) is 29.4 Å². The van der Waals surface area contributed by atoms with Gasteiger partial charge in [0.05, 0.1) is 18.1 Å². The highest BCUT2D eigenvalue weighted by Gasteiger charge is 2.29. The molecule has 106 valence electrons. The first-order valence-electron chi connectivity index (χ1n) is 6.28. The fraction of sp³-hybridized carbons (Fsp3) is 0.357. The Morgan fingerprint density at radius 1 is 1.45 bits per heavy atom. The Balaban J connectivity index is 2.14. The lowest BCUT2D eigenvalue weighted by Gasteiger charge is -2.24. The van der Waals surface area contributed by atoms with Crippen LogP contribution in [0.3, 0.4) is 0 Å². The number of carboxylic acids is 1. The molecule has 1 atom stereocenters. The topological polar surface area (TPSA) is 92.7 Å². The normalized spacial score (nSPS) is 17.1. The molecule has 1 aliphatic heterocycles. The van der Waals surface area contributed by atoms with Crippen LogP contribution in [-0.2, 0) is 9.59 Å². The average molecular weight is 277 g/mol. The SMILES string of the molecule is CC(=O)Nc1ccc2c(c1)OCC(CCC(=O)O)C2=O. The molecule has 1 heterocycles. The molecule has 1 aromatic rings. The Labute approximate surface area is 115 Å². The Morgan fingerprint density at radius 3 is 2.85 bits per heavy atom. The van der Waals surface area contributed by atoms with E-state index < -0.39 is 11.9 Å². The predicted octanol–water partition coefficient (Wildman–Crippen LogP) is 1.70. The molecule has 6 nitrogen and oxygen atoms in total. The number of anilines is 1. The van der Waals surface area contributed by atoms with Crippen molar-refractivity contribution in [2.75, 3.05) is 11.9 Å². The first kappa shape index (κ1) is 14.0. The fourth-order valence-electron chi connectivity index (χ4n) is 2.12. The average Bonchev–Trinajstić information content (AvgIpc) is 2.37. The number of nitrogens with one attached hydrogen (secondary N) is 1. The summed E-state index contributed by atoms with van der Waals surface area (Å²) in [6, 6.07) is 4.82. The monoisotopic (exact) mass is 277 g/mol. The van der Waals surface area contributed by atoms with Gasteiger partial charge in [0.2, 0.25) is 5.91 Å². The smallest absolute Gasteiger partial charge is 0.303 e. The summed E-state index contributed by atoms with van der Waals surface area (Å²) in [4.78, 5) is 33.7. The van der Waals surface area contributed by atoms with Crippen LogP contribution in [0.25, 0.3) is 0 Å². The Kier molecular flexibility index (Phi) is 4.02. The molecule has 0 bridgehead atoms. The summed E-state index contributed by atoms with van der Waals surface area (Å²) in [6.07, 6.45) is 0.208. The van der Waals surface area contributed by atoms with E-state index in [-0.39, 0.29) is 31.1 Å². The second-order valence-corrected chi connectivity index (χ2v) is 4.70. The number of carbonyl (C=O) groups is 3. The summed E-state index contributed by atoms with van der Waals surface area (Å²) in [5, 5.41) is 11.3. The molecule has 0 saturated heterocycles. The number of amides is 1. The van der Waals surface area contributed by atoms with E-state index in [2.05, 4.69) is 5.32 Å². The third kappa shape index (κ3) is 3.14. The number of ether oxygens (including phenoxy) is 1. The molecule has 1 unspecified atom stereocenters. The van der Waals surface area contributed by atoms with E-state index >= 15 is 0 Å². The molecule has 1 aromatic carbocycles. The van der Waals surface area contributed by atoms with Gasteiger partial charge in [-0.3, -0.25) is 14.4 Å². The molecule has 0 spiro atoms. The van der Waals surface area contributed by atoms with Crippen LogP contribution >= 0.6 is 0 Å². The Morgan fingerprint density at radius 2 is 2.20 bits per heavy atom. The van der Waals surface area contributed by atoms with E-state index in [9.17, 15) is 14.4 Å². The number of ketones is 1. The van der Waals surface area contributed by atoms with Crippen LogP contribution in [0.5, 0.6) is 5.75 Å². The second kappa shape index (κ2) is 5.73. The first-order valence-corrected chi connectivity index (χ1v) is 6.28. The minimum Gasteiger partial charge on any atom is -0.492 e. The lowest BCUT2D eigenvalue weighted by molar-refractivity contribution is -0.137. The van der Waals surface area contributed by atoms with E-state index in [0.29, 0.717) is 17.0 Å².